The number of rotatable bonds is 12. The molecule has 4 aromatic rings. The molecule has 0 aliphatic rings. The Morgan fingerprint density at radius 1 is 0.837 bits per heavy atom. The lowest BCUT2D eigenvalue weighted by atomic mass is 10.1. The van der Waals surface area contributed by atoms with Crippen molar-refractivity contribution >= 4 is 46.9 Å². The molecule has 0 saturated carbocycles. The van der Waals surface area contributed by atoms with E-state index in [0.29, 0.717) is 41.3 Å². The summed E-state index contributed by atoms with van der Waals surface area (Å²) in [6.45, 7) is 4.33. The zero-order valence-electron chi connectivity index (χ0n) is 23.8. The van der Waals surface area contributed by atoms with Crippen LogP contribution in [0.1, 0.15) is 36.2 Å². The predicted octanol–water partition coefficient (Wildman–Crippen LogP) is 7.14. The molecule has 0 spiro atoms. The van der Waals surface area contributed by atoms with Crippen LogP contribution in [0.15, 0.2) is 114 Å². The van der Waals surface area contributed by atoms with Gasteiger partial charge < -0.3 is 20.7 Å². The number of anilines is 2. The van der Waals surface area contributed by atoms with Crippen LogP contribution in [0.3, 0.4) is 0 Å². The van der Waals surface area contributed by atoms with Gasteiger partial charge in [-0.1, -0.05) is 43.3 Å². The Balaban J connectivity index is 1.50. The second kappa shape index (κ2) is 15.4. The summed E-state index contributed by atoms with van der Waals surface area (Å²) in [5.74, 6) is -0.824. The average molecular weight is 598 g/mol. The molecule has 7 nitrogen and oxygen atoms in total. The molecule has 0 aliphatic carbocycles. The number of carbonyl (C=O) groups is 3. The lowest BCUT2D eigenvalue weighted by Crippen LogP contribution is -2.30. The van der Waals surface area contributed by atoms with Crippen LogP contribution in [-0.2, 0) is 9.59 Å². The van der Waals surface area contributed by atoms with Gasteiger partial charge in [0.25, 0.3) is 11.8 Å². The fourth-order valence-corrected chi connectivity index (χ4v) is 5.04. The molecule has 0 radical (unpaired) electrons. The van der Waals surface area contributed by atoms with Gasteiger partial charge in [0.15, 0.2) is 0 Å². The first-order valence-electron chi connectivity index (χ1n) is 13.8. The largest absolute Gasteiger partial charge is 0.494 e. The summed E-state index contributed by atoms with van der Waals surface area (Å²) in [4.78, 5) is 40.1. The van der Waals surface area contributed by atoms with Crippen molar-refractivity contribution in [2.75, 3.05) is 17.2 Å². The van der Waals surface area contributed by atoms with Gasteiger partial charge in [-0.15, -0.1) is 11.8 Å². The quantitative estimate of drug-likeness (QED) is 0.119. The Labute approximate surface area is 254 Å². The number of halogens is 1. The number of thioether (sulfide) groups is 1. The number of hydrogen-bond donors (Lipinski definition) is 3. The van der Waals surface area contributed by atoms with Crippen LogP contribution in [0.25, 0.3) is 6.08 Å². The first-order valence-corrected chi connectivity index (χ1v) is 14.7. The summed E-state index contributed by atoms with van der Waals surface area (Å²) in [7, 11) is 0. The molecule has 0 saturated heterocycles. The number of nitrogens with one attached hydrogen (secondary N) is 3. The highest BCUT2D eigenvalue weighted by atomic mass is 32.2. The molecule has 1 unspecified atom stereocenters. The Morgan fingerprint density at radius 3 is 2.23 bits per heavy atom. The normalized spacial score (nSPS) is 11.7. The molecule has 9 heteroatoms. The van der Waals surface area contributed by atoms with E-state index in [1.165, 1.54) is 36.0 Å². The fraction of sp³-hybridized carbons (Fsp3) is 0.147. The highest BCUT2D eigenvalue weighted by Crippen LogP contribution is 2.29. The standard InChI is InChI=1S/C34H32FN3O4S/c1-3-31(34(41)36-26-17-15-25(35)16-18-26)43-29-12-8-11-27(22-29)37-33(40)30(38-32(39)24-9-6-5-7-10-24)21-23-13-19-28(20-14-23)42-4-2/h5-22,31H,3-4H2,1-2H3,(H,36,41)(H,37,40)(H,38,39)/b30-21+. The molecule has 4 rings (SSSR count). The molecule has 0 fully saturated rings. The van der Waals surface area contributed by atoms with Crippen molar-refractivity contribution < 1.29 is 23.5 Å². The third-order valence-corrected chi connectivity index (χ3v) is 7.53. The fourth-order valence-electron chi connectivity index (χ4n) is 4.02. The molecule has 3 amide bonds. The Morgan fingerprint density at radius 2 is 1.56 bits per heavy atom. The van der Waals surface area contributed by atoms with Crippen LogP contribution in [0, 0.1) is 5.82 Å². The Kier molecular flexibility index (Phi) is 11.1. The minimum absolute atomic E-state index is 0.0566. The summed E-state index contributed by atoms with van der Waals surface area (Å²) in [6.07, 6.45) is 2.15. The van der Waals surface area contributed by atoms with Gasteiger partial charge in [-0.25, -0.2) is 4.39 Å². The molecule has 4 aromatic carbocycles. The zero-order chi connectivity index (χ0) is 30.6. The maximum atomic E-state index is 13.5. The summed E-state index contributed by atoms with van der Waals surface area (Å²) >= 11 is 1.35. The van der Waals surface area contributed by atoms with E-state index in [4.69, 9.17) is 4.74 Å². The maximum absolute atomic E-state index is 13.5. The summed E-state index contributed by atoms with van der Waals surface area (Å²) in [6, 6.07) is 28.5. The first kappa shape index (κ1) is 31.1. The smallest absolute Gasteiger partial charge is 0.272 e. The molecule has 0 aliphatic heterocycles. The number of carbonyl (C=O) groups excluding carboxylic acids is 3. The SMILES string of the molecule is CCOc1ccc(/C=C(/NC(=O)c2ccccc2)C(=O)Nc2cccc(SC(CC)C(=O)Nc3ccc(F)cc3)c2)cc1. The predicted molar refractivity (Wildman–Crippen MR) is 170 cm³/mol. The van der Waals surface area contributed by atoms with E-state index in [-0.39, 0.29) is 17.4 Å². The van der Waals surface area contributed by atoms with Gasteiger partial charge in [-0.3, -0.25) is 14.4 Å². The Hall–Kier alpha value is -4.89. The van der Waals surface area contributed by atoms with Crippen molar-refractivity contribution in [2.45, 2.75) is 30.4 Å². The van der Waals surface area contributed by atoms with Crippen LogP contribution in [0.4, 0.5) is 15.8 Å². The average Bonchev–Trinajstić information content (AvgIpc) is 3.02. The van der Waals surface area contributed by atoms with Crippen LogP contribution >= 0.6 is 11.8 Å². The van der Waals surface area contributed by atoms with E-state index in [1.807, 2.05) is 19.9 Å². The molecule has 43 heavy (non-hydrogen) atoms. The van der Waals surface area contributed by atoms with Crippen molar-refractivity contribution in [2.24, 2.45) is 0 Å². The van der Waals surface area contributed by atoms with E-state index >= 15 is 0 Å². The zero-order valence-corrected chi connectivity index (χ0v) is 24.6. The van der Waals surface area contributed by atoms with E-state index in [0.717, 1.165) is 4.90 Å². The molecule has 0 aromatic heterocycles. The van der Waals surface area contributed by atoms with Crippen molar-refractivity contribution in [3.05, 3.63) is 126 Å². The second-order valence-corrected chi connectivity index (χ2v) is 10.6. The minimum atomic E-state index is -0.513. The van der Waals surface area contributed by atoms with E-state index < -0.39 is 17.1 Å². The number of hydrogen-bond acceptors (Lipinski definition) is 5. The van der Waals surface area contributed by atoms with Crippen LogP contribution < -0.4 is 20.7 Å². The lowest BCUT2D eigenvalue weighted by molar-refractivity contribution is -0.116. The summed E-state index contributed by atoms with van der Waals surface area (Å²) < 4.78 is 18.7. The third kappa shape index (κ3) is 9.31. The molecule has 0 heterocycles. The van der Waals surface area contributed by atoms with Crippen molar-refractivity contribution in [1.82, 2.24) is 5.32 Å². The van der Waals surface area contributed by atoms with Crippen LogP contribution in [-0.4, -0.2) is 29.6 Å². The van der Waals surface area contributed by atoms with Gasteiger partial charge in [0.05, 0.1) is 11.9 Å². The summed E-state index contributed by atoms with van der Waals surface area (Å²) in [5, 5.41) is 7.99. The van der Waals surface area contributed by atoms with Gasteiger partial charge in [0.1, 0.15) is 17.3 Å². The van der Waals surface area contributed by atoms with Crippen LogP contribution in [0.5, 0.6) is 5.75 Å². The molecular weight excluding hydrogens is 565 g/mol. The highest BCUT2D eigenvalue weighted by Gasteiger charge is 2.19. The van der Waals surface area contributed by atoms with Crippen molar-refractivity contribution in [1.29, 1.82) is 0 Å². The summed E-state index contributed by atoms with van der Waals surface area (Å²) in [5.41, 5.74) is 2.17. The third-order valence-electron chi connectivity index (χ3n) is 6.18. The molecule has 220 valence electrons. The minimum Gasteiger partial charge on any atom is -0.494 e. The van der Waals surface area contributed by atoms with E-state index in [2.05, 4.69) is 16.0 Å². The Bertz CT molecular complexity index is 1580. The van der Waals surface area contributed by atoms with Gasteiger partial charge >= 0.3 is 0 Å². The molecule has 3 N–H and O–H groups in total. The van der Waals surface area contributed by atoms with E-state index in [1.54, 1.807) is 78.9 Å². The van der Waals surface area contributed by atoms with Gasteiger partial charge in [-0.2, -0.15) is 0 Å². The van der Waals surface area contributed by atoms with Gasteiger partial charge in [0, 0.05) is 21.8 Å². The van der Waals surface area contributed by atoms with Crippen LogP contribution in [0.2, 0.25) is 0 Å². The monoisotopic (exact) mass is 597 g/mol. The van der Waals surface area contributed by atoms with Crippen molar-refractivity contribution in [3.63, 3.8) is 0 Å². The second-order valence-electron chi connectivity index (χ2n) is 9.37. The number of ether oxygens (including phenoxy) is 1. The molecule has 0 bridgehead atoms. The van der Waals surface area contributed by atoms with Crippen molar-refractivity contribution in [3.8, 4) is 5.75 Å². The first-order chi connectivity index (χ1) is 20.8. The number of amides is 3. The lowest BCUT2D eigenvalue weighted by Gasteiger charge is -2.16. The molecular formula is C34H32FN3O4S. The van der Waals surface area contributed by atoms with Gasteiger partial charge in [-0.05, 0) is 91.7 Å². The van der Waals surface area contributed by atoms with Gasteiger partial charge in [0.2, 0.25) is 5.91 Å². The topological polar surface area (TPSA) is 96.5 Å². The van der Waals surface area contributed by atoms with E-state index in [9.17, 15) is 18.8 Å². The number of benzene rings is 4. The molecule has 1 atom stereocenters. The maximum Gasteiger partial charge on any atom is 0.272 e. The highest BCUT2D eigenvalue weighted by molar-refractivity contribution is 8.00.